The van der Waals surface area contributed by atoms with Crippen molar-refractivity contribution < 1.29 is 22.4 Å². The molecular formula is C6H8F2O2. The molecule has 0 bridgehead atoms. The summed E-state index contributed by atoms with van der Waals surface area (Å²) in [6, 6.07) is -0.936. The molecule has 0 fully saturated rings. The standard InChI is InChI=1S/C6H8F2O2/c1-2-6(9)10-4-3-5(7)8/h2,5H,1,3-4H2/i1D2,2D. The van der Waals surface area contributed by atoms with Gasteiger partial charge in [-0.05, 0) is 0 Å². The van der Waals surface area contributed by atoms with Gasteiger partial charge in [-0.1, -0.05) is 6.53 Å². The lowest BCUT2D eigenvalue weighted by Gasteiger charge is -1.99. The van der Waals surface area contributed by atoms with Gasteiger partial charge in [-0.15, -0.1) is 0 Å². The summed E-state index contributed by atoms with van der Waals surface area (Å²) in [6.07, 6.45) is -3.18. The number of alkyl halides is 2. The largest absolute Gasteiger partial charge is 0.462 e. The van der Waals surface area contributed by atoms with Crippen molar-refractivity contribution in [2.45, 2.75) is 12.8 Å². The van der Waals surface area contributed by atoms with Crippen LogP contribution in [0.4, 0.5) is 8.78 Å². The molecule has 0 aromatic heterocycles. The molecule has 4 heteroatoms. The molecule has 0 saturated heterocycles. The van der Waals surface area contributed by atoms with Crippen molar-refractivity contribution in [3.05, 3.63) is 12.6 Å². The molecule has 0 spiro atoms. The Kier molecular flexibility index (Phi) is 2.36. The van der Waals surface area contributed by atoms with E-state index < -0.39 is 38.0 Å². The number of ether oxygens (including phenoxy) is 1. The Morgan fingerprint density at radius 2 is 2.70 bits per heavy atom. The molecule has 0 aliphatic carbocycles. The third-order valence-corrected chi connectivity index (χ3v) is 0.671. The molecule has 10 heavy (non-hydrogen) atoms. The van der Waals surface area contributed by atoms with Gasteiger partial charge in [0.05, 0.1) is 10.7 Å². The van der Waals surface area contributed by atoms with Crippen LogP contribution in [0.1, 0.15) is 10.5 Å². The van der Waals surface area contributed by atoms with E-state index in [9.17, 15) is 13.6 Å². The first-order valence-electron chi connectivity index (χ1n) is 4.04. The molecule has 0 unspecified atom stereocenters. The molecular weight excluding hydrogens is 142 g/mol. The van der Waals surface area contributed by atoms with Gasteiger partial charge in [0, 0.05) is 12.5 Å². The topological polar surface area (TPSA) is 26.3 Å². The average molecular weight is 153 g/mol. The Morgan fingerprint density at radius 1 is 2.00 bits per heavy atom. The summed E-state index contributed by atoms with van der Waals surface area (Å²) in [5.41, 5.74) is 0. The fraction of sp³-hybridized carbons (Fsp3) is 0.500. The summed E-state index contributed by atoms with van der Waals surface area (Å²) in [7, 11) is 0. The second-order valence-corrected chi connectivity index (χ2v) is 1.44. The van der Waals surface area contributed by atoms with Gasteiger partial charge in [-0.3, -0.25) is 0 Å². The first-order valence-corrected chi connectivity index (χ1v) is 2.54. The minimum absolute atomic E-state index is 0.508. The van der Waals surface area contributed by atoms with Crippen molar-refractivity contribution in [1.82, 2.24) is 0 Å². The van der Waals surface area contributed by atoms with E-state index in [1.165, 1.54) is 0 Å². The first kappa shape index (κ1) is 4.82. The molecule has 2 nitrogen and oxygen atoms in total. The molecule has 0 atom stereocenters. The number of carbonyl (C=O) groups is 1. The lowest BCUT2D eigenvalue weighted by atomic mass is 10.5. The minimum Gasteiger partial charge on any atom is -0.462 e. The molecule has 0 amide bonds. The molecule has 58 valence electrons. The SMILES string of the molecule is [2H]C([2H])=C([2H])C(=O)OCCC(F)F. The van der Waals surface area contributed by atoms with Crippen LogP contribution >= 0.6 is 0 Å². The maximum absolute atomic E-state index is 11.5. The van der Waals surface area contributed by atoms with Gasteiger partial charge in [0.1, 0.15) is 0 Å². The molecule has 0 aromatic carbocycles. The predicted octanol–water partition coefficient (Wildman–Crippen LogP) is 1.37. The summed E-state index contributed by atoms with van der Waals surface area (Å²) in [6.45, 7) is -1.51. The zero-order valence-electron chi connectivity index (χ0n) is 8.06. The number of carbonyl (C=O) groups excluding carboxylic acids is 1. The van der Waals surface area contributed by atoms with Crippen LogP contribution in [0, 0.1) is 0 Å². The molecule has 0 heterocycles. The van der Waals surface area contributed by atoms with Gasteiger partial charge in [0.25, 0.3) is 0 Å². The van der Waals surface area contributed by atoms with E-state index in [0.717, 1.165) is 0 Å². The molecule has 0 N–H and O–H groups in total. The van der Waals surface area contributed by atoms with Gasteiger partial charge in [0.2, 0.25) is 6.43 Å². The Labute approximate surface area is 61.7 Å². The van der Waals surface area contributed by atoms with E-state index in [-0.39, 0.29) is 0 Å². The molecule has 0 saturated carbocycles. The van der Waals surface area contributed by atoms with Crippen LogP contribution in [0.5, 0.6) is 0 Å². The third-order valence-electron chi connectivity index (χ3n) is 0.671. The van der Waals surface area contributed by atoms with Gasteiger partial charge < -0.3 is 4.74 Å². The van der Waals surface area contributed by atoms with E-state index in [2.05, 4.69) is 4.74 Å². The lowest BCUT2D eigenvalue weighted by Crippen LogP contribution is -2.05. The van der Waals surface area contributed by atoms with Crippen molar-refractivity contribution in [2.75, 3.05) is 6.61 Å². The Bertz CT molecular complexity index is 214. The van der Waals surface area contributed by atoms with Gasteiger partial charge in [0.15, 0.2) is 0 Å². The second-order valence-electron chi connectivity index (χ2n) is 1.44. The molecule has 0 aliphatic heterocycles. The Morgan fingerprint density at radius 3 is 3.20 bits per heavy atom. The van der Waals surface area contributed by atoms with E-state index in [0.29, 0.717) is 0 Å². The van der Waals surface area contributed by atoms with Gasteiger partial charge in [-0.25, -0.2) is 13.6 Å². The van der Waals surface area contributed by atoms with Crippen LogP contribution in [0.15, 0.2) is 12.6 Å². The fourth-order valence-electron chi connectivity index (χ4n) is 0.277. The van der Waals surface area contributed by atoms with Gasteiger partial charge in [-0.2, -0.15) is 0 Å². The highest BCUT2D eigenvalue weighted by Gasteiger charge is 2.02. The zero-order chi connectivity index (χ0) is 10.4. The van der Waals surface area contributed by atoms with Crippen LogP contribution in [0.2, 0.25) is 0 Å². The van der Waals surface area contributed by atoms with Crippen LogP contribution in [-0.4, -0.2) is 19.0 Å². The molecule has 0 aromatic rings. The van der Waals surface area contributed by atoms with Crippen molar-refractivity contribution in [3.8, 4) is 0 Å². The monoisotopic (exact) mass is 153 g/mol. The van der Waals surface area contributed by atoms with Crippen LogP contribution in [-0.2, 0) is 9.53 Å². The fourth-order valence-corrected chi connectivity index (χ4v) is 0.277. The van der Waals surface area contributed by atoms with E-state index >= 15 is 0 Å². The van der Waals surface area contributed by atoms with Crippen molar-refractivity contribution in [1.29, 1.82) is 0 Å². The highest BCUT2D eigenvalue weighted by Crippen LogP contribution is 1.98. The van der Waals surface area contributed by atoms with Gasteiger partial charge >= 0.3 is 5.97 Å². The summed E-state index contributed by atoms with van der Waals surface area (Å²) in [4.78, 5) is 10.6. The van der Waals surface area contributed by atoms with E-state index in [1.807, 2.05) is 0 Å². The number of halogens is 2. The smallest absolute Gasteiger partial charge is 0.330 e. The number of rotatable bonds is 4. The highest BCUT2D eigenvalue weighted by atomic mass is 19.3. The molecule has 0 rings (SSSR count). The number of hydrogen-bond donors (Lipinski definition) is 0. The van der Waals surface area contributed by atoms with E-state index in [4.69, 9.17) is 4.11 Å². The number of esters is 1. The molecule has 0 aliphatic rings. The van der Waals surface area contributed by atoms with Crippen LogP contribution < -0.4 is 0 Å². The minimum atomic E-state index is -2.57. The lowest BCUT2D eigenvalue weighted by molar-refractivity contribution is -0.138. The Hall–Kier alpha value is -0.930. The Balaban J connectivity index is 3.83. The van der Waals surface area contributed by atoms with Crippen LogP contribution in [0.25, 0.3) is 0 Å². The van der Waals surface area contributed by atoms with Crippen molar-refractivity contribution in [3.63, 3.8) is 0 Å². The van der Waals surface area contributed by atoms with Crippen LogP contribution in [0.3, 0.4) is 0 Å². The second kappa shape index (κ2) is 4.90. The van der Waals surface area contributed by atoms with E-state index in [1.54, 1.807) is 0 Å². The zero-order valence-corrected chi connectivity index (χ0v) is 5.06. The summed E-state index contributed by atoms with van der Waals surface area (Å²) in [5.74, 6) is -1.22. The maximum atomic E-state index is 11.5. The quantitative estimate of drug-likeness (QED) is 0.450. The summed E-state index contributed by atoms with van der Waals surface area (Å²) < 4.78 is 47.1. The third kappa shape index (κ3) is 5.21. The van der Waals surface area contributed by atoms with Crippen molar-refractivity contribution in [2.24, 2.45) is 0 Å². The summed E-state index contributed by atoms with van der Waals surface area (Å²) >= 11 is 0. The van der Waals surface area contributed by atoms with Crippen molar-refractivity contribution >= 4 is 5.97 Å². The normalized spacial score (nSPS) is 13.3. The first-order chi connectivity index (χ1) is 5.95. The highest BCUT2D eigenvalue weighted by molar-refractivity contribution is 5.81. The average Bonchev–Trinajstić information content (AvgIpc) is 2.02. The summed E-state index contributed by atoms with van der Waals surface area (Å²) in [5, 5.41) is 0. The predicted molar refractivity (Wildman–Crippen MR) is 31.8 cm³/mol. The maximum Gasteiger partial charge on any atom is 0.330 e. The number of hydrogen-bond acceptors (Lipinski definition) is 2. The molecule has 0 radical (unpaired) electrons.